The number of benzene rings is 3. The quantitative estimate of drug-likeness (QED) is 0.247. The van der Waals surface area contributed by atoms with Crippen LogP contribution in [0, 0.1) is 12.7 Å². The number of aryl methyl sites for hydroxylation is 1. The number of hydrogen-bond donors (Lipinski definition) is 1. The Kier molecular flexibility index (Phi) is 6.65. The maximum atomic E-state index is 13.0. The highest BCUT2D eigenvalue weighted by Gasteiger charge is 2.09. The smallest absolute Gasteiger partial charge is 0.234 e. The minimum absolute atomic E-state index is 0.117. The van der Waals surface area contributed by atoms with Crippen molar-refractivity contribution in [1.29, 1.82) is 0 Å². The first-order valence-electron chi connectivity index (χ1n) is 9.35. The van der Waals surface area contributed by atoms with Gasteiger partial charge < -0.3 is 5.32 Å². The number of carbonyl (C=O) groups is 1. The van der Waals surface area contributed by atoms with Crippen molar-refractivity contribution in [2.45, 2.75) is 11.3 Å². The molecule has 0 saturated heterocycles. The first kappa shape index (κ1) is 21.5. The lowest BCUT2D eigenvalue weighted by Gasteiger charge is -2.06. The molecule has 0 fully saturated rings. The van der Waals surface area contributed by atoms with Crippen molar-refractivity contribution >= 4 is 68.4 Å². The fourth-order valence-corrected chi connectivity index (χ4v) is 4.81. The van der Waals surface area contributed by atoms with Crippen molar-refractivity contribution in [3.63, 3.8) is 0 Å². The number of nitrogens with one attached hydrogen (secondary N) is 1. The SMILES string of the molecule is Cc1ccc(NC(=O)CSc2nc3ccc(N=Cc4ccc(F)cc4)cc3s2)cc1Cl. The van der Waals surface area contributed by atoms with E-state index in [1.807, 2.05) is 37.3 Å². The van der Waals surface area contributed by atoms with E-state index in [-0.39, 0.29) is 17.5 Å². The molecule has 4 nitrogen and oxygen atoms in total. The molecule has 156 valence electrons. The van der Waals surface area contributed by atoms with Crippen LogP contribution in [-0.2, 0) is 4.79 Å². The number of carbonyl (C=O) groups excluding carboxylic acids is 1. The fourth-order valence-electron chi connectivity index (χ4n) is 2.73. The van der Waals surface area contributed by atoms with E-state index in [0.717, 1.165) is 31.4 Å². The molecule has 0 radical (unpaired) electrons. The molecule has 8 heteroatoms. The standard InChI is InChI=1S/C23H17ClFN3OS2/c1-14-2-7-18(10-19(14)24)27-22(29)13-30-23-28-20-9-8-17(11-21(20)31-23)26-12-15-3-5-16(25)6-4-15/h2-12H,13H2,1H3,(H,27,29). The van der Waals surface area contributed by atoms with Crippen LogP contribution in [0.15, 0.2) is 70.0 Å². The van der Waals surface area contributed by atoms with Crippen LogP contribution in [0.5, 0.6) is 0 Å². The molecular formula is C23H17ClFN3OS2. The molecule has 31 heavy (non-hydrogen) atoms. The summed E-state index contributed by atoms with van der Waals surface area (Å²) in [5, 5.41) is 3.47. The van der Waals surface area contributed by atoms with E-state index in [0.29, 0.717) is 10.7 Å². The van der Waals surface area contributed by atoms with Gasteiger partial charge in [-0.2, -0.15) is 0 Å². The minimum Gasteiger partial charge on any atom is -0.325 e. The van der Waals surface area contributed by atoms with Crippen LogP contribution < -0.4 is 5.32 Å². The molecule has 0 saturated carbocycles. The van der Waals surface area contributed by atoms with E-state index in [2.05, 4.69) is 15.3 Å². The zero-order valence-electron chi connectivity index (χ0n) is 16.4. The molecule has 0 aliphatic carbocycles. The monoisotopic (exact) mass is 469 g/mol. The van der Waals surface area contributed by atoms with Crippen LogP contribution in [0.2, 0.25) is 5.02 Å². The van der Waals surface area contributed by atoms with Gasteiger partial charge in [0.05, 0.1) is 21.7 Å². The molecular weight excluding hydrogens is 453 g/mol. The molecule has 4 rings (SSSR count). The summed E-state index contributed by atoms with van der Waals surface area (Å²) >= 11 is 9.00. The predicted molar refractivity (Wildman–Crippen MR) is 129 cm³/mol. The van der Waals surface area contributed by atoms with E-state index in [9.17, 15) is 9.18 Å². The Morgan fingerprint density at radius 2 is 2.00 bits per heavy atom. The molecule has 1 aromatic heterocycles. The first-order chi connectivity index (χ1) is 15.0. The van der Waals surface area contributed by atoms with Gasteiger partial charge >= 0.3 is 0 Å². The summed E-state index contributed by atoms with van der Waals surface area (Å²) in [6.07, 6.45) is 1.69. The third-order valence-corrected chi connectivity index (χ3v) is 6.94. The summed E-state index contributed by atoms with van der Waals surface area (Å²) in [5.74, 6) is -0.140. The van der Waals surface area contributed by atoms with Gasteiger partial charge in [-0.25, -0.2) is 9.37 Å². The first-order valence-corrected chi connectivity index (χ1v) is 11.5. The summed E-state index contributed by atoms with van der Waals surface area (Å²) < 4.78 is 14.8. The zero-order valence-corrected chi connectivity index (χ0v) is 18.8. The number of thioether (sulfide) groups is 1. The zero-order chi connectivity index (χ0) is 21.8. The Morgan fingerprint density at radius 3 is 2.77 bits per heavy atom. The van der Waals surface area contributed by atoms with Gasteiger partial charge in [-0.1, -0.05) is 41.6 Å². The van der Waals surface area contributed by atoms with Crippen LogP contribution in [0.25, 0.3) is 10.2 Å². The summed E-state index contributed by atoms with van der Waals surface area (Å²) in [6.45, 7) is 1.91. The summed E-state index contributed by atoms with van der Waals surface area (Å²) in [4.78, 5) is 21.3. The normalized spacial score (nSPS) is 11.3. The highest BCUT2D eigenvalue weighted by atomic mass is 35.5. The van der Waals surface area contributed by atoms with Crippen molar-refractivity contribution in [3.8, 4) is 0 Å². The number of anilines is 1. The van der Waals surface area contributed by atoms with Gasteiger partial charge in [0.1, 0.15) is 5.82 Å². The van der Waals surface area contributed by atoms with Crippen LogP contribution in [-0.4, -0.2) is 22.9 Å². The second-order valence-electron chi connectivity index (χ2n) is 6.74. The largest absolute Gasteiger partial charge is 0.325 e. The topological polar surface area (TPSA) is 54.4 Å². The molecule has 0 aliphatic rings. The van der Waals surface area contributed by atoms with E-state index in [1.54, 1.807) is 24.4 Å². The van der Waals surface area contributed by atoms with Gasteiger partial charge in [0.2, 0.25) is 5.91 Å². The van der Waals surface area contributed by atoms with Gasteiger partial charge in [0, 0.05) is 16.9 Å². The molecule has 1 N–H and O–H groups in total. The summed E-state index contributed by atoms with van der Waals surface area (Å²) in [6, 6.07) is 17.3. The van der Waals surface area contributed by atoms with E-state index >= 15 is 0 Å². The second kappa shape index (κ2) is 9.60. The number of aliphatic imine (C=N–C) groups is 1. The number of fused-ring (bicyclic) bond motifs is 1. The van der Waals surface area contributed by atoms with Crippen molar-refractivity contribution in [3.05, 3.63) is 82.6 Å². The molecule has 4 aromatic rings. The maximum Gasteiger partial charge on any atom is 0.234 e. The lowest BCUT2D eigenvalue weighted by atomic mass is 10.2. The van der Waals surface area contributed by atoms with E-state index in [4.69, 9.17) is 11.6 Å². The Balaban J connectivity index is 1.39. The van der Waals surface area contributed by atoms with Gasteiger partial charge in [-0.15, -0.1) is 11.3 Å². The minimum atomic E-state index is -0.274. The van der Waals surface area contributed by atoms with Crippen molar-refractivity contribution in [2.24, 2.45) is 4.99 Å². The number of amides is 1. The predicted octanol–water partition coefficient (Wildman–Crippen LogP) is 6.88. The van der Waals surface area contributed by atoms with Crippen molar-refractivity contribution in [1.82, 2.24) is 4.98 Å². The van der Waals surface area contributed by atoms with Crippen LogP contribution >= 0.6 is 34.7 Å². The summed E-state index contributed by atoms with van der Waals surface area (Å²) in [5.41, 5.74) is 4.10. The number of rotatable bonds is 6. The molecule has 1 heterocycles. The van der Waals surface area contributed by atoms with E-state index in [1.165, 1.54) is 35.2 Å². The van der Waals surface area contributed by atoms with Crippen molar-refractivity contribution < 1.29 is 9.18 Å². The number of nitrogens with zero attached hydrogens (tertiary/aromatic N) is 2. The number of thiazole rings is 1. The third-order valence-electron chi connectivity index (χ3n) is 4.37. The average Bonchev–Trinajstić information content (AvgIpc) is 3.17. The Hall–Kier alpha value is -2.74. The second-order valence-corrected chi connectivity index (χ2v) is 9.40. The molecule has 0 spiro atoms. The molecule has 0 unspecified atom stereocenters. The van der Waals surface area contributed by atoms with Crippen LogP contribution in [0.1, 0.15) is 11.1 Å². The molecule has 0 bridgehead atoms. The highest BCUT2D eigenvalue weighted by molar-refractivity contribution is 8.01. The van der Waals surface area contributed by atoms with Gasteiger partial charge in [-0.05, 0) is 60.5 Å². The number of hydrogen-bond acceptors (Lipinski definition) is 5. The Bertz CT molecular complexity index is 1270. The number of halogens is 2. The van der Waals surface area contributed by atoms with E-state index < -0.39 is 0 Å². The van der Waals surface area contributed by atoms with Gasteiger partial charge in [0.25, 0.3) is 0 Å². The third kappa shape index (κ3) is 5.70. The maximum absolute atomic E-state index is 13.0. The van der Waals surface area contributed by atoms with Gasteiger partial charge in [0.15, 0.2) is 4.34 Å². The fraction of sp³-hybridized carbons (Fsp3) is 0.0870. The van der Waals surface area contributed by atoms with Crippen molar-refractivity contribution in [2.75, 3.05) is 11.1 Å². The average molecular weight is 470 g/mol. The lowest BCUT2D eigenvalue weighted by molar-refractivity contribution is -0.113. The van der Waals surface area contributed by atoms with Crippen LogP contribution in [0.3, 0.4) is 0 Å². The van der Waals surface area contributed by atoms with Gasteiger partial charge in [-0.3, -0.25) is 9.79 Å². The molecule has 3 aromatic carbocycles. The highest BCUT2D eigenvalue weighted by Crippen LogP contribution is 2.32. The van der Waals surface area contributed by atoms with Crippen LogP contribution in [0.4, 0.5) is 15.8 Å². The molecule has 0 atom stereocenters. The Labute approximate surface area is 192 Å². The summed E-state index contributed by atoms with van der Waals surface area (Å²) in [7, 11) is 0. The molecule has 1 amide bonds. The lowest BCUT2D eigenvalue weighted by Crippen LogP contribution is -2.13. The Morgan fingerprint density at radius 1 is 1.19 bits per heavy atom. The molecule has 0 aliphatic heterocycles. The number of aromatic nitrogens is 1.